The minimum atomic E-state index is 0.933. The van der Waals surface area contributed by atoms with Crippen LogP contribution in [0.3, 0.4) is 0 Å². The van der Waals surface area contributed by atoms with Crippen LogP contribution in [0.2, 0.25) is 0 Å². The second-order valence-electron chi connectivity index (χ2n) is 2.63. The summed E-state index contributed by atoms with van der Waals surface area (Å²) < 4.78 is 2.35. The zero-order chi connectivity index (χ0) is 9.68. The van der Waals surface area contributed by atoms with E-state index in [9.17, 15) is 0 Å². The van der Waals surface area contributed by atoms with Gasteiger partial charge in [0.1, 0.15) is 0 Å². The lowest BCUT2D eigenvalue weighted by molar-refractivity contribution is 1.07. The Labute approximate surface area is 101 Å². The Hall–Kier alpha value is -0.0300. The zero-order valence-corrected chi connectivity index (χ0v) is 10.9. The molecular weight excluding hydrogens is 341 g/mol. The summed E-state index contributed by atoms with van der Waals surface area (Å²) in [5, 5.41) is 3.33. The van der Waals surface area contributed by atoms with Crippen molar-refractivity contribution in [2.24, 2.45) is 0 Å². The molecule has 1 aromatic carbocycles. The number of benzene rings is 1. The molecule has 0 saturated heterocycles. The van der Waals surface area contributed by atoms with E-state index in [1.165, 1.54) is 3.57 Å². The van der Waals surface area contributed by atoms with Gasteiger partial charge in [-0.1, -0.05) is 6.08 Å². The Bertz CT molecular complexity index is 299. The number of anilines is 1. The Morgan fingerprint density at radius 2 is 2.31 bits per heavy atom. The smallest absolute Gasteiger partial charge is 0.0495 e. The van der Waals surface area contributed by atoms with E-state index in [1.807, 2.05) is 6.08 Å². The highest BCUT2D eigenvalue weighted by Gasteiger charge is 1.98. The third-order valence-corrected chi connectivity index (χ3v) is 2.95. The van der Waals surface area contributed by atoms with Crippen LogP contribution in [-0.4, -0.2) is 6.54 Å². The van der Waals surface area contributed by atoms with E-state index >= 15 is 0 Å². The van der Waals surface area contributed by atoms with E-state index in [1.54, 1.807) is 0 Å². The standard InChI is InChI=1S/C10H11BrIN/c1-2-3-6-13-10-7-8(12)4-5-9(10)11/h2,4-5,7,13H,1,3,6H2. The molecule has 0 fully saturated rings. The monoisotopic (exact) mass is 351 g/mol. The van der Waals surface area contributed by atoms with Crippen LogP contribution in [-0.2, 0) is 0 Å². The lowest BCUT2D eigenvalue weighted by Gasteiger charge is -2.07. The SMILES string of the molecule is C=CCCNc1cc(I)ccc1Br. The van der Waals surface area contributed by atoms with Gasteiger partial charge in [0.25, 0.3) is 0 Å². The van der Waals surface area contributed by atoms with E-state index < -0.39 is 0 Å². The Morgan fingerprint density at radius 3 is 3.00 bits per heavy atom. The van der Waals surface area contributed by atoms with E-state index in [2.05, 4.69) is 68.6 Å². The molecule has 0 aliphatic rings. The number of hydrogen-bond donors (Lipinski definition) is 1. The van der Waals surface area contributed by atoms with Gasteiger partial charge in [-0.05, 0) is 63.1 Å². The van der Waals surface area contributed by atoms with Crippen molar-refractivity contribution in [3.63, 3.8) is 0 Å². The van der Waals surface area contributed by atoms with Crippen molar-refractivity contribution in [2.45, 2.75) is 6.42 Å². The van der Waals surface area contributed by atoms with Gasteiger partial charge in [0, 0.05) is 20.3 Å². The van der Waals surface area contributed by atoms with Crippen LogP contribution in [0.15, 0.2) is 35.3 Å². The average Bonchev–Trinajstić information content (AvgIpc) is 2.11. The molecule has 70 valence electrons. The van der Waals surface area contributed by atoms with Gasteiger partial charge in [-0.2, -0.15) is 0 Å². The van der Waals surface area contributed by atoms with Crippen LogP contribution in [0.25, 0.3) is 0 Å². The molecule has 0 aromatic heterocycles. The van der Waals surface area contributed by atoms with Crippen molar-refractivity contribution < 1.29 is 0 Å². The second-order valence-corrected chi connectivity index (χ2v) is 4.73. The van der Waals surface area contributed by atoms with Crippen LogP contribution in [0.1, 0.15) is 6.42 Å². The van der Waals surface area contributed by atoms with Gasteiger partial charge in [-0.3, -0.25) is 0 Å². The molecule has 13 heavy (non-hydrogen) atoms. The molecule has 1 N–H and O–H groups in total. The predicted molar refractivity (Wildman–Crippen MR) is 70.2 cm³/mol. The summed E-state index contributed by atoms with van der Waals surface area (Å²) in [6.45, 7) is 4.61. The van der Waals surface area contributed by atoms with E-state index in [0.717, 1.165) is 23.1 Å². The summed E-state index contributed by atoms with van der Waals surface area (Å²) in [6.07, 6.45) is 2.90. The largest absolute Gasteiger partial charge is 0.384 e. The van der Waals surface area contributed by atoms with Crippen molar-refractivity contribution in [1.29, 1.82) is 0 Å². The van der Waals surface area contributed by atoms with Crippen LogP contribution < -0.4 is 5.32 Å². The first kappa shape index (κ1) is 11.0. The maximum atomic E-state index is 3.68. The van der Waals surface area contributed by atoms with Crippen LogP contribution in [0.5, 0.6) is 0 Å². The summed E-state index contributed by atoms with van der Waals surface area (Å²) in [7, 11) is 0. The lowest BCUT2D eigenvalue weighted by Crippen LogP contribution is -2.00. The Kier molecular flexibility index (Phi) is 4.80. The quantitative estimate of drug-likeness (QED) is 0.490. The minimum Gasteiger partial charge on any atom is -0.384 e. The molecule has 0 radical (unpaired) electrons. The molecule has 1 nitrogen and oxygen atoms in total. The summed E-state index contributed by atoms with van der Waals surface area (Å²) in [4.78, 5) is 0. The lowest BCUT2D eigenvalue weighted by atomic mass is 10.3. The number of halogens is 2. The normalized spacial score (nSPS) is 9.69. The van der Waals surface area contributed by atoms with Gasteiger partial charge in [-0.15, -0.1) is 6.58 Å². The fourth-order valence-corrected chi connectivity index (χ4v) is 1.82. The van der Waals surface area contributed by atoms with Crippen molar-refractivity contribution in [3.8, 4) is 0 Å². The first-order valence-electron chi connectivity index (χ1n) is 4.04. The molecule has 1 rings (SSSR count). The Balaban J connectivity index is 2.64. The maximum Gasteiger partial charge on any atom is 0.0495 e. The molecule has 0 amide bonds. The van der Waals surface area contributed by atoms with Gasteiger partial charge in [0.2, 0.25) is 0 Å². The van der Waals surface area contributed by atoms with Crippen molar-refractivity contribution in [3.05, 3.63) is 38.9 Å². The third kappa shape index (κ3) is 3.68. The first-order valence-corrected chi connectivity index (χ1v) is 5.91. The number of hydrogen-bond acceptors (Lipinski definition) is 1. The minimum absolute atomic E-state index is 0.933. The fourth-order valence-electron chi connectivity index (χ4n) is 0.942. The van der Waals surface area contributed by atoms with Crippen LogP contribution in [0.4, 0.5) is 5.69 Å². The topological polar surface area (TPSA) is 12.0 Å². The van der Waals surface area contributed by atoms with Crippen LogP contribution >= 0.6 is 38.5 Å². The molecule has 0 atom stereocenters. The number of rotatable bonds is 4. The summed E-state index contributed by atoms with van der Waals surface area (Å²) in [5.74, 6) is 0. The van der Waals surface area contributed by atoms with Gasteiger partial charge in [0.05, 0.1) is 0 Å². The number of nitrogens with one attached hydrogen (secondary N) is 1. The molecule has 3 heteroatoms. The van der Waals surface area contributed by atoms with E-state index in [0.29, 0.717) is 0 Å². The molecular formula is C10H11BrIN. The van der Waals surface area contributed by atoms with Gasteiger partial charge >= 0.3 is 0 Å². The highest BCUT2D eigenvalue weighted by atomic mass is 127. The Morgan fingerprint density at radius 1 is 1.54 bits per heavy atom. The highest BCUT2D eigenvalue weighted by Crippen LogP contribution is 2.24. The van der Waals surface area contributed by atoms with Gasteiger partial charge in [-0.25, -0.2) is 0 Å². The molecule has 0 bridgehead atoms. The summed E-state index contributed by atoms with van der Waals surface area (Å²) in [6, 6.07) is 6.25. The summed E-state index contributed by atoms with van der Waals surface area (Å²) >= 11 is 5.79. The van der Waals surface area contributed by atoms with E-state index in [4.69, 9.17) is 0 Å². The van der Waals surface area contributed by atoms with Gasteiger partial charge in [0.15, 0.2) is 0 Å². The predicted octanol–water partition coefficient (Wildman–Crippen LogP) is 4.04. The summed E-state index contributed by atoms with van der Waals surface area (Å²) in [5.41, 5.74) is 1.15. The van der Waals surface area contributed by atoms with Gasteiger partial charge < -0.3 is 5.32 Å². The molecule has 0 heterocycles. The second kappa shape index (κ2) is 5.65. The average molecular weight is 352 g/mol. The van der Waals surface area contributed by atoms with E-state index in [-0.39, 0.29) is 0 Å². The molecule has 0 aliphatic carbocycles. The third-order valence-electron chi connectivity index (χ3n) is 1.59. The maximum absolute atomic E-state index is 3.68. The zero-order valence-electron chi connectivity index (χ0n) is 7.19. The first-order chi connectivity index (χ1) is 6.24. The van der Waals surface area contributed by atoms with Crippen molar-refractivity contribution in [2.75, 3.05) is 11.9 Å². The molecule has 0 saturated carbocycles. The molecule has 1 aromatic rings. The van der Waals surface area contributed by atoms with Crippen molar-refractivity contribution >= 4 is 44.2 Å². The molecule has 0 aliphatic heterocycles. The fraction of sp³-hybridized carbons (Fsp3) is 0.200. The molecule has 0 spiro atoms. The van der Waals surface area contributed by atoms with Crippen molar-refractivity contribution in [1.82, 2.24) is 0 Å². The van der Waals surface area contributed by atoms with Crippen LogP contribution in [0, 0.1) is 3.57 Å². The molecule has 0 unspecified atom stereocenters. The highest BCUT2D eigenvalue weighted by molar-refractivity contribution is 14.1.